The summed E-state index contributed by atoms with van der Waals surface area (Å²) in [4.78, 5) is 3.57. The molecule has 0 aliphatic carbocycles. The van der Waals surface area contributed by atoms with Gasteiger partial charge in [-0.15, -0.1) is 0 Å². The van der Waals surface area contributed by atoms with Gasteiger partial charge in [0.05, 0.1) is 22.0 Å². The smallest absolute Gasteiger partial charge is 0.240 e. The second-order valence-electron chi connectivity index (χ2n) is 6.93. The van der Waals surface area contributed by atoms with E-state index >= 15 is 0 Å². The number of nitrogens with zero attached hydrogens (tertiary/aromatic N) is 1. The van der Waals surface area contributed by atoms with Gasteiger partial charge in [0.25, 0.3) is 0 Å². The molecular weight excluding hydrogens is 337 g/mol. The fourth-order valence-electron chi connectivity index (χ4n) is 3.92. The van der Waals surface area contributed by atoms with Gasteiger partial charge in [-0.05, 0) is 48.9 Å². The lowest BCUT2D eigenvalue weighted by molar-refractivity contribution is -0.616. The Kier molecular flexibility index (Phi) is 3.41. The quantitative estimate of drug-likeness (QED) is 0.403. The molecule has 3 nitrogen and oxygen atoms in total. The van der Waals surface area contributed by atoms with Crippen molar-refractivity contribution in [1.29, 1.82) is 0 Å². The van der Waals surface area contributed by atoms with Gasteiger partial charge in [-0.2, -0.15) is 4.57 Å². The van der Waals surface area contributed by atoms with Gasteiger partial charge in [-0.25, -0.2) is 4.39 Å². The van der Waals surface area contributed by atoms with Crippen molar-refractivity contribution < 1.29 is 8.96 Å². The number of aryl methyl sites for hydroxylation is 2. The Balaban J connectivity index is 1.89. The molecule has 0 atom stereocenters. The van der Waals surface area contributed by atoms with Crippen molar-refractivity contribution in [1.82, 2.24) is 4.98 Å². The van der Waals surface area contributed by atoms with Gasteiger partial charge in [-0.3, -0.25) is 0 Å². The lowest BCUT2D eigenvalue weighted by atomic mass is 10.1. The molecule has 5 rings (SSSR count). The van der Waals surface area contributed by atoms with E-state index in [-0.39, 0.29) is 5.82 Å². The van der Waals surface area contributed by atoms with Crippen LogP contribution in [-0.4, -0.2) is 4.98 Å². The lowest BCUT2D eigenvalue weighted by Crippen LogP contribution is -2.30. The highest BCUT2D eigenvalue weighted by molar-refractivity contribution is 6.13. The molecule has 4 heteroatoms. The van der Waals surface area contributed by atoms with Gasteiger partial charge >= 0.3 is 0 Å². The summed E-state index contributed by atoms with van der Waals surface area (Å²) >= 11 is 0. The van der Waals surface area contributed by atoms with Crippen LogP contribution in [0.25, 0.3) is 32.8 Å². The molecule has 132 valence electrons. The predicted octanol–water partition coefficient (Wildman–Crippen LogP) is 5.49. The minimum Gasteiger partial charge on any atom is -0.353 e. The maximum atomic E-state index is 13.5. The molecule has 0 aliphatic rings. The monoisotopic (exact) mass is 356 g/mol. The van der Waals surface area contributed by atoms with E-state index in [0.717, 1.165) is 44.4 Å². The zero-order chi connectivity index (χ0) is 18.5. The van der Waals surface area contributed by atoms with E-state index in [9.17, 15) is 4.39 Å². The third kappa shape index (κ3) is 2.37. The molecule has 0 fully saturated rings. The zero-order valence-corrected chi connectivity index (χ0v) is 15.2. The molecule has 0 radical (unpaired) electrons. The first-order valence-corrected chi connectivity index (χ1v) is 8.98. The molecule has 0 aliphatic heterocycles. The Labute approximate surface area is 156 Å². The normalized spacial score (nSPS) is 11.5. The number of aromatic nitrogens is 2. The summed E-state index contributed by atoms with van der Waals surface area (Å²) in [5, 5.41) is 5.86. The molecular formula is C23H19FN3+. The van der Waals surface area contributed by atoms with Crippen LogP contribution >= 0.6 is 0 Å². The van der Waals surface area contributed by atoms with E-state index in [2.05, 4.69) is 58.3 Å². The number of para-hydroxylation sites is 2. The van der Waals surface area contributed by atoms with Crippen LogP contribution in [0.1, 0.15) is 5.56 Å². The van der Waals surface area contributed by atoms with Crippen LogP contribution in [0.4, 0.5) is 15.8 Å². The minimum absolute atomic E-state index is 0.224. The summed E-state index contributed by atoms with van der Waals surface area (Å²) in [6, 6.07) is 21.5. The number of nitrogens with one attached hydrogen (secondary N) is 2. The second-order valence-corrected chi connectivity index (χ2v) is 6.93. The van der Waals surface area contributed by atoms with Crippen LogP contribution in [0.3, 0.4) is 0 Å². The van der Waals surface area contributed by atoms with Crippen molar-refractivity contribution in [3.8, 4) is 0 Å². The van der Waals surface area contributed by atoms with Crippen LogP contribution in [-0.2, 0) is 7.05 Å². The topological polar surface area (TPSA) is 31.7 Å². The number of rotatable bonds is 2. The Morgan fingerprint density at radius 2 is 1.67 bits per heavy atom. The van der Waals surface area contributed by atoms with Crippen LogP contribution in [0.5, 0.6) is 0 Å². The SMILES string of the molecule is Cc1cc(F)ccc1Nc1c2ccccc2[n+](C)c2c1[nH]c1ccccc12. The Bertz CT molecular complexity index is 1330. The molecule has 3 aromatic carbocycles. The number of pyridine rings is 1. The highest BCUT2D eigenvalue weighted by Gasteiger charge is 2.22. The number of halogens is 1. The van der Waals surface area contributed by atoms with E-state index in [0.29, 0.717) is 0 Å². The molecule has 27 heavy (non-hydrogen) atoms. The Morgan fingerprint density at radius 1 is 0.926 bits per heavy atom. The molecule has 0 bridgehead atoms. The van der Waals surface area contributed by atoms with Gasteiger partial charge in [0.2, 0.25) is 11.0 Å². The largest absolute Gasteiger partial charge is 0.353 e. The van der Waals surface area contributed by atoms with E-state index < -0.39 is 0 Å². The number of fused-ring (bicyclic) bond motifs is 4. The summed E-state index contributed by atoms with van der Waals surface area (Å²) in [6.45, 7) is 1.92. The number of aromatic amines is 1. The van der Waals surface area contributed by atoms with Gasteiger partial charge < -0.3 is 10.3 Å². The van der Waals surface area contributed by atoms with Crippen LogP contribution < -0.4 is 9.88 Å². The van der Waals surface area contributed by atoms with Gasteiger partial charge in [0.1, 0.15) is 18.4 Å². The van der Waals surface area contributed by atoms with Crippen molar-refractivity contribution in [2.24, 2.45) is 7.05 Å². The minimum atomic E-state index is -0.224. The molecule has 0 unspecified atom stereocenters. The molecule has 0 spiro atoms. The summed E-state index contributed by atoms with van der Waals surface area (Å²) < 4.78 is 15.8. The first-order chi connectivity index (χ1) is 13.1. The molecule has 2 heterocycles. The molecule has 2 aromatic heterocycles. The van der Waals surface area contributed by atoms with Gasteiger partial charge in [0.15, 0.2) is 0 Å². The fraction of sp³-hybridized carbons (Fsp3) is 0.0870. The first kappa shape index (κ1) is 15.8. The van der Waals surface area contributed by atoms with Crippen LogP contribution in [0.15, 0.2) is 66.7 Å². The molecule has 5 aromatic rings. The van der Waals surface area contributed by atoms with E-state index in [1.54, 1.807) is 12.1 Å². The van der Waals surface area contributed by atoms with E-state index in [4.69, 9.17) is 0 Å². The first-order valence-electron chi connectivity index (χ1n) is 8.98. The molecule has 0 amide bonds. The number of anilines is 2. The third-order valence-electron chi connectivity index (χ3n) is 5.25. The highest BCUT2D eigenvalue weighted by Crippen LogP contribution is 2.35. The van der Waals surface area contributed by atoms with Crippen LogP contribution in [0.2, 0.25) is 0 Å². The van der Waals surface area contributed by atoms with Crippen molar-refractivity contribution in [3.63, 3.8) is 0 Å². The summed E-state index contributed by atoms with van der Waals surface area (Å²) in [5.74, 6) is -0.224. The average Bonchev–Trinajstić information content (AvgIpc) is 3.06. The predicted molar refractivity (Wildman–Crippen MR) is 109 cm³/mol. The number of hydrogen-bond donors (Lipinski definition) is 2. The maximum Gasteiger partial charge on any atom is 0.240 e. The average molecular weight is 356 g/mol. The zero-order valence-electron chi connectivity index (χ0n) is 15.2. The van der Waals surface area contributed by atoms with Crippen molar-refractivity contribution in [3.05, 3.63) is 78.1 Å². The number of H-pyrrole nitrogens is 1. The van der Waals surface area contributed by atoms with Crippen LogP contribution in [0, 0.1) is 12.7 Å². The standard InChI is InChI=1S/C23H18FN3/c1-14-13-15(24)11-12-18(14)25-21-17-8-4-6-10-20(17)27(2)23-16-7-3-5-9-19(16)26-22(21)23/h3-13H,1-2H3,(H,25,26)/p+1. The van der Waals surface area contributed by atoms with Crippen molar-refractivity contribution in [2.45, 2.75) is 6.92 Å². The molecule has 0 saturated carbocycles. The summed E-state index contributed by atoms with van der Waals surface area (Å²) in [7, 11) is 2.10. The van der Waals surface area contributed by atoms with Crippen molar-refractivity contribution >= 4 is 44.2 Å². The number of hydrogen-bond acceptors (Lipinski definition) is 1. The Morgan fingerprint density at radius 3 is 2.48 bits per heavy atom. The van der Waals surface area contributed by atoms with Gasteiger partial charge in [-0.1, -0.05) is 24.3 Å². The highest BCUT2D eigenvalue weighted by atomic mass is 19.1. The summed E-state index contributed by atoms with van der Waals surface area (Å²) in [5.41, 5.74) is 7.19. The van der Waals surface area contributed by atoms with E-state index in [1.807, 2.05) is 19.1 Å². The third-order valence-corrected chi connectivity index (χ3v) is 5.25. The van der Waals surface area contributed by atoms with Crippen molar-refractivity contribution in [2.75, 3.05) is 5.32 Å². The van der Waals surface area contributed by atoms with E-state index in [1.165, 1.54) is 11.5 Å². The lowest BCUT2D eigenvalue weighted by Gasteiger charge is -2.13. The second kappa shape index (κ2) is 5.81. The summed E-state index contributed by atoms with van der Waals surface area (Å²) in [6.07, 6.45) is 0. The molecule has 0 saturated heterocycles. The fourth-order valence-corrected chi connectivity index (χ4v) is 3.92. The Hall–Kier alpha value is -3.40. The number of benzene rings is 3. The maximum absolute atomic E-state index is 13.5. The van der Waals surface area contributed by atoms with Gasteiger partial charge in [0, 0.05) is 11.8 Å². The molecule has 2 N–H and O–H groups in total.